The molecule has 4 heteroatoms. The number of hydrogen-bond acceptors (Lipinski definition) is 2. The highest BCUT2D eigenvalue weighted by atomic mass is 16.2. The Morgan fingerprint density at radius 3 is 2.58 bits per heavy atom. The predicted octanol–water partition coefficient (Wildman–Crippen LogP) is 1.17. The van der Waals surface area contributed by atoms with Gasteiger partial charge in [0.15, 0.2) is 0 Å². The number of hydrazone groups is 1. The highest BCUT2D eigenvalue weighted by Gasteiger charge is 2.29. The van der Waals surface area contributed by atoms with Gasteiger partial charge in [-0.25, -0.2) is 9.80 Å². The van der Waals surface area contributed by atoms with Crippen molar-refractivity contribution in [2.45, 2.75) is 26.2 Å². The molecule has 0 radical (unpaired) electrons. The number of nitrogens with two attached hydrogens (primary N) is 1. The first kappa shape index (κ1) is 9.03. The van der Waals surface area contributed by atoms with Gasteiger partial charge in [0, 0.05) is 18.7 Å². The molecular weight excluding hydrogens is 154 g/mol. The molecule has 0 aromatic rings. The first-order valence-electron chi connectivity index (χ1n) is 4.12. The van der Waals surface area contributed by atoms with Crippen molar-refractivity contribution >= 4 is 12.2 Å². The molecule has 0 bridgehead atoms. The second-order valence-electron chi connectivity index (χ2n) is 3.61. The van der Waals surface area contributed by atoms with Crippen molar-refractivity contribution < 1.29 is 4.79 Å². The molecule has 4 nitrogen and oxygen atoms in total. The third-order valence-electron chi connectivity index (χ3n) is 2.36. The van der Waals surface area contributed by atoms with Gasteiger partial charge in [0.25, 0.3) is 0 Å². The van der Waals surface area contributed by atoms with Gasteiger partial charge in [-0.05, 0) is 12.8 Å². The van der Waals surface area contributed by atoms with E-state index in [1.54, 1.807) is 7.05 Å². The van der Waals surface area contributed by atoms with Gasteiger partial charge in [0.05, 0.1) is 0 Å². The van der Waals surface area contributed by atoms with Gasteiger partial charge in [-0.2, -0.15) is 5.10 Å². The van der Waals surface area contributed by atoms with E-state index in [2.05, 4.69) is 12.0 Å². The summed E-state index contributed by atoms with van der Waals surface area (Å²) in [6.45, 7) is 2.13. The number of primary amides is 1. The van der Waals surface area contributed by atoms with Crippen LogP contribution in [0.25, 0.3) is 0 Å². The molecule has 1 aliphatic carbocycles. The normalized spacial score (nSPS) is 20.5. The van der Waals surface area contributed by atoms with E-state index in [1.165, 1.54) is 6.42 Å². The molecule has 0 unspecified atom stereocenters. The van der Waals surface area contributed by atoms with Crippen LogP contribution in [0.1, 0.15) is 26.2 Å². The fourth-order valence-corrected chi connectivity index (χ4v) is 1.15. The molecule has 2 amide bonds. The minimum absolute atomic E-state index is 0.198. The van der Waals surface area contributed by atoms with Crippen molar-refractivity contribution in [3.63, 3.8) is 0 Å². The predicted molar refractivity (Wildman–Crippen MR) is 47.8 cm³/mol. The molecule has 68 valence electrons. The summed E-state index contributed by atoms with van der Waals surface area (Å²) in [5.41, 5.74) is 5.20. The molecule has 0 saturated heterocycles. The van der Waals surface area contributed by atoms with Crippen molar-refractivity contribution in [2.75, 3.05) is 7.05 Å². The van der Waals surface area contributed by atoms with Crippen molar-refractivity contribution in [3.8, 4) is 0 Å². The highest BCUT2D eigenvalue weighted by molar-refractivity contribution is 5.74. The van der Waals surface area contributed by atoms with Crippen LogP contribution in [0.5, 0.6) is 0 Å². The van der Waals surface area contributed by atoms with Gasteiger partial charge in [0.2, 0.25) is 0 Å². The van der Waals surface area contributed by atoms with E-state index >= 15 is 0 Å². The quantitative estimate of drug-likeness (QED) is 0.489. The lowest BCUT2D eigenvalue weighted by Crippen LogP contribution is -2.31. The smallest absolute Gasteiger partial charge is 0.334 e. The molecule has 1 saturated carbocycles. The van der Waals surface area contributed by atoms with Crippen molar-refractivity contribution in [1.29, 1.82) is 0 Å². The summed E-state index contributed by atoms with van der Waals surface area (Å²) in [5, 5.41) is 5.11. The minimum Gasteiger partial charge on any atom is -0.350 e. The first-order valence-corrected chi connectivity index (χ1v) is 4.12. The number of amides is 2. The Morgan fingerprint density at radius 2 is 2.25 bits per heavy atom. The topological polar surface area (TPSA) is 58.7 Å². The van der Waals surface area contributed by atoms with Crippen LogP contribution in [-0.2, 0) is 0 Å². The lowest BCUT2D eigenvalue weighted by molar-refractivity contribution is 0.218. The first-order chi connectivity index (χ1) is 5.53. The SMILES string of the molecule is CN(/N=C/C1(C)CCC1)C(N)=O. The Labute approximate surface area is 72.4 Å². The van der Waals surface area contributed by atoms with Gasteiger partial charge in [-0.15, -0.1) is 0 Å². The summed E-state index contributed by atoms with van der Waals surface area (Å²) < 4.78 is 0. The third-order valence-corrected chi connectivity index (χ3v) is 2.36. The molecule has 0 spiro atoms. The summed E-state index contributed by atoms with van der Waals surface area (Å²) in [7, 11) is 1.56. The third kappa shape index (κ3) is 1.96. The zero-order chi connectivity index (χ0) is 9.19. The number of rotatable bonds is 2. The van der Waals surface area contributed by atoms with E-state index in [-0.39, 0.29) is 5.41 Å². The fourth-order valence-electron chi connectivity index (χ4n) is 1.15. The van der Waals surface area contributed by atoms with Crippen LogP contribution in [-0.4, -0.2) is 24.3 Å². The average molecular weight is 169 g/mol. The highest BCUT2D eigenvalue weighted by Crippen LogP contribution is 2.38. The fraction of sp³-hybridized carbons (Fsp3) is 0.750. The van der Waals surface area contributed by atoms with Crippen LogP contribution in [0, 0.1) is 5.41 Å². The zero-order valence-corrected chi connectivity index (χ0v) is 7.58. The van der Waals surface area contributed by atoms with Crippen LogP contribution < -0.4 is 5.73 Å². The molecule has 2 N–H and O–H groups in total. The van der Waals surface area contributed by atoms with Crippen LogP contribution >= 0.6 is 0 Å². The summed E-state index contributed by atoms with van der Waals surface area (Å²) in [6, 6.07) is -0.519. The van der Waals surface area contributed by atoms with E-state index in [9.17, 15) is 4.79 Å². The monoisotopic (exact) mass is 169 g/mol. The molecule has 0 aliphatic heterocycles. The van der Waals surface area contributed by atoms with Crippen LogP contribution in [0.2, 0.25) is 0 Å². The Hall–Kier alpha value is -1.06. The molecule has 0 aromatic carbocycles. The number of urea groups is 1. The maximum Gasteiger partial charge on any atom is 0.334 e. The Balaban J connectivity index is 2.43. The molecule has 0 aromatic heterocycles. The minimum atomic E-state index is -0.519. The largest absolute Gasteiger partial charge is 0.350 e. The average Bonchev–Trinajstić information content (AvgIpc) is 1.96. The summed E-state index contributed by atoms with van der Waals surface area (Å²) in [5.74, 6) is 0. The Kier molecular flexibility index (Phi) is 2.35. The maximum absolute atomic E-state index is 10.6. The number of carbonyl (C=O) groups is 1. The summed E-state index contributed by atoms with van der Waals surface area (Å²) >= 11 is 0. The van der Waals surface area contributed by atoms with Gasteiger partial charge < -0.3 is 5.73 Å². The molecule has 1 fully saturated rings. The van der Waals surface area contributed by atoms with Gasteiger partial charge in [0.1, 0.15) is 0 Å². The zero-order valence-electron chi connectivity index (χ0n) is 7.58. The summed E-state index contributed by atoms with van der Waals surface area (Å²) in [4.78, 5) is 10.6. The van der Waals surface area contributed by atoms with Crippen LogP contribution in [0.15, 0.2) is 5.10 Å². The number of hydrogen-bond donors (Lipinski definition) is 1. The van der Waals surface area contributed by atoms with Gasteiger partial charge in [-0.1, -0.05) is 13.3 Å². The maximum atomic E-state index is 10.6. The van der Waals surface area contributed by atoms with Crippen molar-refractivity contribution in [2.24, 2.45) is 16.3 Å². The molecule has 0 heterocycles. The van der Waals surface area contributed by atoms with E-state index < -0.39 is 6.03 Å². The number of carbonyl (C=O) groups excluding carboxylic acids is 1. The van der Waals surface area contributed by atoms with Crippen LogP contribution in [0.4, 0.5) is 4.79 Å². The van der Waals surface area contributed by atoms with Crippen LogP contribution in [0.3, 0.4) is 0 Å². The van der Waals surface area contributed by atoms with E-state index in [0.29, 0.717) is 0 Å². The lowest BCUT2D eigenvalue weighted by Gasteiger charge is -2.34. The second-order valence-corrected chi connectivity index (χ2v) is 3.61. The molecular formula is C8H15N3O. The van der Waals surface area contributed by atoms with Gasteiger partial charge >= 0.3 is 6.03 Å². The van der Waals surface area contributed by atoms with E-state index in [1.807, 2.05) is 6.21 Å². The number of nitrogens with zero attached hydrogens (tertiary/aromatic N) is 2. The molecule has 1 rings (SSSR count). The van der Waals surface area contributed by atoms with Crippen molar-refractivity contribution in [1.82, 2.24) is 5.01 Å². The van der Waals surface area contributed by atoms with Gasteiger partial charge in [-0.3, -0.25) is 0 Å². The lowest BCUT2D eigenvalue weighted by atomic mass is 9.72. The summed E-state index contributed by atoms with van der Waals surface area (Å²) in [6.07, 6.45) is 5.39. The van der Waals surface area contributed by atoms with E-state index in [4.69, 9.17) is 5.73 Å². The molecule has 0 atom stereocenters. The standard InChI is InChI=1S/C8H15N3O/c1-8(4-3-5-8)6-10-11(2)7(9)12/h6H,3-5H2,1-2H3,(H2,9,12)/b10-6+. The van der Waals surface area contributed by atoms with E-state index in [0.717, 1.165) is 17.9 Å². The molecule has 1 aliphatic rings. The molecule has 12 heavy (non-hydrogen) atoms. The van der Waals surface area contributed by atoms with Crippen molar-refractivity contribution in [3.05, 3.63) is 0 Å². The second kappa shape index (κ2) is 3.13. The Bertz CT molecular complexity index is 208. The Morgan fingerprint density at radius 1 is 1.67 bits per heavy atom.